The summed E-state index contributed by atoms with van der Waals surface area (Å²) >= 11 is 0. The number of carboxylic acid groups (broad SMARTS) is 1. The number of aromatic amines is 1. The lowest BCUT2D eigenvalue weighted by Gasteiger charge is -1.96. The molecule has 1 rings (SSSR count). The van der Waals surface area contributed by atoms with E-state index < -0.39 is 12.1 Å². The molecule has 3 N–H and O–H groups in total. The summed E-state index contributed by atoms with van der Waals surface area (Å²) in [7, 11) is 0. The molecule has 1 atom stereocenters. The zero-order valence-corrected chi connectivity index (χ0v) is 4.85. The molecule has 0 saturated heterocycles. The Kier molecular flexibility index (Phi) is 1.63. The minimum Gasteiger partial charge on any atom is -0.479 e. The topological polar surface area (TPSA) is 99.1 Å². The molecule has 0 fully saturated rings. The van der Waals surface area contributed by atoms with Gasteiger partial charge in [-0.2, -0.15) is 5.10 Å². The first-order valence-electron chi connectivity index (χ1n) is 2.48. The molecule has 54 valence electrons. The van der Waals surface area contributed by atoms with Crippen molar-refractivity contribution in [1.29, 1.82) is 0 Å². The Balaban J connectivity index is 2.77. The molecular weight excluding hydrogens is 138 g/mol. The van der Waals surface area contributed by atoms with E-state index in [0.29, 0.717) is 0 Å². The zero-order valence-electron chi connectivity index (χ0n) is 4.85. The molecule has 1 heterocycles. The Bertz CT molecular complexity index is 220. The highest BCUT2D eigenvalue weighted by Gasteiger charge is 2.18. The molecule has 10 heavy (non-hydrogen) atoms. The van der Waals surface area contributed by atoms with Gasteiger partial charge in [-0.25, -0.2) is 9.78 Å². The van der Waals surface area contributed by atoms with E-state index in [9.17, 15) is 4.79 Å². The molecule has 1 aromatic heterocycles. The third kappa shape index (κ3) is 1.11. The second-order valence-corrected chi connectivity index (χ2v) is 1.60. The number of aromatic nitrogens is 3. The van der Waals surface area contributed by atoms with E-state index in [0.717, 1.165) is 0 Å². The Morgan fingerprint density at radius 3 is 2.90 bits per heavy atom. The lowest BCUT2D eigenvalue weighted by Crippen LogP contribution is -2.11. The lowest BCUT2D eigenvalue weighted by molar-refractivity contribution is -0.147. The maximum Gasteiger partial charge on any atom is 0.340 e. The van der Waals surface area contributed by atoms with Gasteiger partial charge in [-0.1, -0.05) is 0 Å². The number of nitrogens with zero attached hydrogens (tertiary/aromatic N) is 2. The van der Waals surface area contributed by atoms with Crippen LogP contribution >= 0.6 is 0 Å². The Morgan fingerprint density at radius 1 is 1.80 bits per heavy atom. The average Bonchev–Trinajstić information content (AvgIpc) is 2.36. The van der Waals surface area contributed by atoms with E-state index >= 15 is 0 Å². The fourth-order valence-corrected chi connectivity index (χ4v) is 0.461. The van der Waals surface area contributed by atoms with Crippen molar-refractivity contribution in [2.24, 2.45) is 0 Å². The van der Waals surface area contributed by atoms with Crippen LogP contribution in [0.25, 0.3) is 0 Å². The van der Waals surface area contributed by atoms with Crippen molar-refractivity contribution >= 4 is 5.97 Å². The van der Waals surface area contributed by atoms with Gasteiger partial charge in [-0.05, 0) is 0 Å². The van der Waals surface area contributed by atoms with Crippen molar-refractivity contribution in [2.45, 2.75) is 6.10 Å². The molecule has 1 unspecified atom stereocenters. The fourth-order valence-electron chi connectivity index (χ4n) is 0.461. The molecule has 0 aliphatic heterocycles. The predicted octanol–water partition coefficient (Wildman–Crippen LogP) is -1.08. The van der Waals surface area contributed by atoms with Gasteiger partial charge < -0.3 is 10.2 Å². The van der Waals surface area contributed by atoms with Gasteiger partial charge in [0.15, 0.2) is 5.82 Å². The average molecular weight is 143 g/mol. The molecule has 0 aromatic carbocycles. The van der Waals surface area contributed by atoms with Gasteiger partial charge in [0.05, 0.1) is 0 Å². The van der Waals surface area contributed by atoms with Gasteiger partial charge in [-0.15, -0.1) is 0 Å². The Morgan fingerprint density at radius 2 is 2.50 bits per heavy atom. The molecule has 0 radical (unpaired) electrons. The second-order valence-electron chi connectivity index (χ2n) is 1.60. The standard InChI is InChI=1S/C4H5N3O3/c8-2(4(9)10)3-5-1-6-7-3/h1-2,8H,(H,9,10)(H,5,6,7). The van der Waals surface area contributed by atoms with Gasteiger partial charge >= 0.3 is 5.97 Å². The molecule has 0 spiro atoms. The van der Waals surface area contributed by atoms with Crippen LogP contribution in [-0.4, -0.2) is 31.4 Å². The largest absolute Gasteiger partial charge is 0.479 e. The number of rotatable bonds is 2. The molecule has 0 saturated carbocycles. The van der Waals surface area contributed by atoms with Crippen LogP contribution in [0.4, 0.5) is 0 Å². The van der Waals surface area contributed by atoms with Crippen LogP contribution in [0.5, 0.6) is 0 Å². The molecular formula is C4H5N3O3. The van der Waals surface area contributed by atoms with Crippen LogP contribution in [0, 0.1) is 0 Å². The predicted molar refractivity (Wildman–Crippen MR) is 29.0 cm³/mol. The highest BCUT2D eigenvalue weighted by atomic mass is 16.4. The van der Waals surface area contributed by atoms with E-state index in [-0.39, 0.29) is 5.82 Å². The third-order valence-electron chi connectivity index (χ3n) is 0.912. The molecule has 6 heteroatoms. The summed E-state index contributed by atoms with van der Waals surface area (Å²) in [5.41, 5.74) is 0. The minimum atomic E-state index is -1.63. The number of hydrogen-bond donors (Lipinski definition) is 3. The summed E-state index contributed by atoms with van der Waals surface area (Å²) in [6.07, 6.45) is -0.437. The monoisotopic (exact) mass is 143 g/mol. The highest BCUT2D eigenvalue weighted by molar-refractivity contribution is 5.72. The van der Waals surface area contributed by atoms with E-state index in [4.69, 9.17) is 10.2 Å². The van der Waals surface area contributed by atoms with Crippen LogP contribution < -0.4 is 0 Å². The van der Waals surface area contributed by atoms with Gasteiger partial charge in [0.25, 0.3) is 0 Å². The van der Waals surface area contributed by atoms with Crippen LogP contribution in [-0.2, 0) is 4.79 Å². The Hall–Kier alpha value is -1.43. The summed E-state index contributed by atoms with van der Waals surface area (Å²) in [5, 5.41) is 22.6. The SMILES string of the molecule is O=C(O)C(O)c1nc[nH]n1. The summed E-state index contributed by atoms with van der Waals surface area (Å²) in [6, 6.07) is 0. The van der Waals surface area contributed by atoms with Crippen molar-refractivity contribution < 1.29 is 15.0 Å². The summed E-state index contributed by atoms with van der Waals surface area (Å²) < 4.78 is 0. The number of aliphatic hydroxyl groups is 1. The van der Waals surface area contributed by atoms with Crippen molar-refractivity contribution in [3.05, 3.63) is 12.2 Å². The van der Waals surface area contributed by atoms with Gasteiger partial charge in [0.1, 0.15) is 6.33 Å². The molecule has 0 amide bonds. The number of nitrogens with one attached hydrogen (secondary N) is 1. The number of carboxylic acids is 1. The summed E-state index contributed by atoms with van der Waals surface area (Å²) in [6.45, 7) is 0. The third-order valence-corrected chi connectivity index (χ3v) is 0.912. The quantitative estimate of drug-likeness (QED) is 0.489. The fraction of sp³-hybridized carbons (Fsp3) is 0.250. The molecule has 6 nitrogen and oxygen atoms in total. The van der Waals surface area contributed by atoms with E-state index in [1.807, 2.05) is 0 Å². The van der Waals surface area contributed by atoms with Gasteiger partial charge in [0.2, 0.25) is 6.10 Å². The highest BCUT2D eigenvalue weighted by Crippen LogP contribution is 2.03. The zero-order chi connectivity index (χ0) is 7.56. The van der Waals surface area contributed by atoms with E-state index in [1.165, 1.54) is 6.33 Å². The van der Waals surface area contributed by atoms with Gasteiger partial charge in [-0.3, -0.25) is 5.10 Å². The number of aliphatic carboxylic acids is 1. The van der Waals surface area contributed by atoms with Crippen LogP contribution in [0.2, 0.25) is 0 Å². The lowest BCUT2D eigenvalue weighted by atomic mass is 10.3. The van der Waals surface area contributed by atoms with Crippen molar-refractivity contribution in [1.82, 2.24) is 15.2 Å². The minimum absolute atomic E-state index is 0.132. The molecule has 1 aromatic rings. The molecule has 0 aliphatic carbocycles. The number of H-pyrrole nitrogens is 1. The number of hydrogen-bond acceptors (Lipinski definition) is 4. The normalized spacial score (nSPS) is 12.9. The first-order chi connectivity index (χ1) is 4.72. The maximum atomic E-state index is 10.1. The number of aliphatic hydroxyl groups excluding tert-OH is 1. The second kappa shape index (κ2) is 2.44. The van der Waals surface area contributed by atoms with Crippen molar-refractivity contribution in [3.8, 4) is 0 Å². The Labute approximate surface area is 55.5 Å². The molecule has 0 bridgehead atoms. The van der Waals surface area contributed by atoms with E-state index in [1.54, 1.807) is 0 Å². The van der Waals surface area contributed by atoms with Crippen LogP contribution in [0.15, 0.2) is 6.33 Å². The molecule has 0 aliphatic rings. The van der Waals surface area contributed by atoms with Crippen molar-refractivity contribution in [3.63, 3.8) is 0 Å². The number of carbonyl (C=O) groups is 1. The smallest absolute Gasteiger partial charge is 0.340 e. The van der Waals surface area contributed by atoms with Gasteiger partial charge in [0, 0.05) is 0 Å². The van der Waals surface area contributed by atoms with Crippen molar-refractivity contribution in [2.75, 3.05) is 0 Å². The van der Waals surface area contributed by atoms with Crippen LogP contribution in [0.1, 0.15) is 11.9 Å². The van der Waals surface area contributed by atoms with Crippen LogP contribution in [0.3, 0.4) is 0 Å². The van der Waals surface area contributed by atoms with E-state index in [2.05, 4.69) is 15.2 Å². The first-order valence-corrected chi connectivity index (χ1v) is 2.48. The summed E-state index contributed by atoms with van der Waals surface area (Å²) in [4.78, 5) is 13.5. The maximum absolute atomic E-state index is 10.1. The summed E-state index contributed by atoms with van der Waals surface area (Å²) in [5.74, 6) is -1.49. The first kappa shape index (κ1) is 6.69.